The molecule has 5 rings (SSSR count). The second-order valence-corrected chi connectivity index (χ2v) is 7.96. The predicted molar refractivity (Wildman–Crippen MR) is 118 cm³/mol. The smallest absolute Gasteiger partial charge is 0.231 e. The van der Waals surface area contributed by atoms with Crippen molar-refractivity contribution in [3.05, 3.63) is 59.8 Å². The van der Waals surface area contributed by atoms with E-state index in [-0.39, 0.29) is 18.6 Å². The molecule has 2 aliphatic heterocycles. The summed E-state index contributed by atoms with van der Waals surface area (Å²) in [7, 11) is 0. The van der Waals surface area contributed by atoms with E-state index >= 15 is 0 Å². The number of aromatic nitrogens is 1. The van der Waals surface area contributed by atoms with Crippen molar-refractivity contribution in [3.63, 3.8) is 0 Å². The van der Waals surface area contributed by atoms with E-state index in [2.05, 4.69) is 27.3 Å². The van der Waals surface area contributed by atoms with Crippen molar-refractivity contribution in [2.75, 3.05) is 46.2 Å². The van der Waals surface area contributed by atoms with Gasteiger partial charge in [-0.25, -0.2) is 0 Å². The molecule has 1 fully saturated rings. The van der Waals surface area contributed by atoms with Crippen molar-refractivity contribution < 1.29 is 19.0 Å². The highest BCUT2D eigenvalue weighted by atomic mass is 16.7. The first kappa shape index (κ1) is 19.9. The number of hydrogen-bond acceptors (Lipinski definition) is 5. The number of nitrogens with one attached hydrogen (secondary N) is 2. The van der Waals surface area contributed by atoms with Crippen molar-refractivity contribution in [1.29, 1.82) is 0 Å². The van der Waals surface area contributed by atoms with Gasteiger partial charge in [0.1, 0.15) is 0 Å². The second kappa shape index (κ2) is 8.99. The van der Waals surface area contributed by atoms with Crippen LogP contribution in [0.15, 0.2) is 48.7 Å². The number of aromatic amines is 1. The number of para-hydroxylation sites is 1. The lowest BCUT2D eigenvalue weighted by atomic mass is 9.87. The summed E-state index contributed by atoms with van der Waals surface area (Å²) in [5.41, 5.74) is 3.21. The fourth-order valence-corrected chi connectivity index (χ4v) is 4.36. The van der Waals surface area contributed by atoms with Crippen LogP contribution in [-0.4, -0.2) is 62.0 Å². The number of ether oxygens (including phenoxy) is 3. The lowest BCUT2D eigenvalue weighted by Crippen LogP contribution is -2.41. The molecule has 31 heavy (non-hydrogen) atoms. The van der Waals surface area contributed by atoms with Gasteiger partial charge in [0.05, 0.1) is 13.2 Å². The minimum absolute atomic E-state index is 0.0428. The third-order valence-electron chi connectivity index (χ3n) is 6.04. The fraction of sp³-hybridized carbons (Fsp3) is 0.375. The number of morpholine rings is 1. The number of benzene rings is 2. The number of fused-ring (bicyclic) bond motifs is 2. The van der Waals surface area contributed by atoms with Crippen LogP contribution in [0.1, 0.15) is 23.5 Å². The van der Waals surface area contributed by atoms with E-state index in [1.165, 1.54) is 0 Å². The van der Waals surface area contributed by atoms with Crippen LogP contribution in [0.3, 0.4) is 0 Å². The van der Waals surface area contributed by atoms with Crippen LogP contribution in [0, 0.1) is 0 Å². The predicted octanol–water partition coefficient (Wildman–Crippen LogP) is 2.87. The molecule has 1 atom stereocenters. The standard InChI is InChI=1S/C24H27N3O4/c28-24(25-7-8-27-9-11-29-12-10-27)14-19(17-5-6-22-23(13-17)31-16-30-22)20-15-26-21-4-2-1-3-18(20)21/h1-6,13,15,19,26H,7-12,14,16H2,(H,25,28)/t19-/m0/s1. The number of rotatable bonds is 7. The Morgan fingerprint density at radius 3 is 2.84 bits per heavy atom. The fourth-order valence-electron chi connectivity index (χ4n) is 4.36. The third-order valence-corrected chi connectivity index (χ3v) is 6.04. The highest BCUT2D eigenvalue weighted by molar-refractivity contribution is 5.86. The van der Waals surface area contributed by atoms with E-state index < -0.39 is 0 Å². The van der Waals surface area contributed by atoms with E-state index in [0.29, 0.717) is 13.0 Å². The molecule has 0 bridgehead atoms. The maximum absolute atomic E-state index is 12.9. The highest BCUT2D eigenvalue weighted by Crippen LogP contribution is 2.39. The summed E-state index contributed by atoms with van der Waals surface area (Å²) in [5.74, 6) is 1.43. The molecule has 3 aromatic rings. The highest BCUT2D eigenvalue weighted by Gasteiger charge is 2.24. The van der Waals surface area contributed by atoms with Gasteiger partial charge in [0.15, 0.2) is 11.5 Å². The summed E-state index contributed by atoms with van der Waals surface area (Å²) in [4.78, 5) is 18.6. The van der Waals surface area contributed by atoms with Crippen LogP contribution in [0.2, 0.25) is 0 Å². The Morgan fingerprint density at radius 1 is 1.10 bits per heavy atom. The molecule has 3 heterocycles. The SMILES string of the molecule is O=C(C[C@@H](c1ccc2c(c1)OCO2)c1c[nH]c2ccccc12)NCCN1CCOCC1. The Morgan fingerprint density at radius 2 is 1.94 bits per heavy atom. The van der Waals surface area contributed by atoms with Gasteiger partial charge in [-0.15, -0.1) is 0 Å². The number of hydrogen-bond donors (Lipinski definition) is 2. The van der Waals surface area contributed by atoms with Crippen LogP contribution >= 0.6 is 0 Å². The molecule has 0 unspecified atom stereocenters. The number of amides is 1. The second-order valence-electron chi connectivity index (χ2n) is 7.96. The first-order chi connectivity index (χ1) is 15.3. The molecule has 1 amide bonds. The lowest BCUT2D eigenvalue weighted by molar-refractivity contribution is -0.121. The van der Waals surface area contributed by atoms with E-state index in [4.69, 9.17) is 14.2 Å². The van der Waals surface area contributed by atoms with Gasteiger partial charge in [-0.3, -0.25) is 9.69 Å². The normalized spacial score (nSPS) is 17.0. The molecule has 2 aromatic carbocycles. The molecule has 1 saturated heterocycles. The molecule has 2 aliphatic rings. The summed E-state index contributed by atoms with van der Waals surface area (Å²) < 4.78 is 16.4. The molecule has 0 radical (unpaired) electrons. The molecular weight excluding hydrogens is 394 g/mol. The summed E-state index contributed by atoms with van der Waals surface area (Å²) in [6, 6.07) is 14.1. The summed E-state index contributed by atoms with van der Waals surface area (Å²) in [6.45, 7) is 5.09. The van der Waals surface area contributed by atoms with Gasteiger partial charge in [0, 0.05) is 55.6 Å². The van der Waals surface area contributed by atoms with Crippen LogP contribution in [-0.2, 0) is 9.53 Å². The number of carbonyl (C=O) groups is 1. The van der Waals surface area contributed by atoms with Crippen molar-refractivity contribution in [2.24, 2.45) is 0 Å². The molecule has 1 aromatic heterocycles. The maximum Gasteiger partial charge on any atom is 0.231 e. The molecular formula is C24H27N3O4. The monoisotopic (exact) mass is 421 g/mol. The van der Waals surface area contributed by atoms with Crippen LogP contribution in [0.5, 0.6) is 11.5 Å². The Kier molecular flexibility index (Phi) is 5.78. The lowest BCUT2D eigenvalue weighted by Gasteiger charge is -2.26. The van der Waals surface area contributed by atoms with Crippen molar-refractivity contribution in [3.8, 4) is 11.5 Å². The molecule has 0 spiro atoms. The maximum atomic E-state index is 12.9. The number of carbonyl (C=O) groups excluding carboxylic acids is 1. The molecule has 2 N–H and O–H groups in total. The van der Waals surface area contributed by atoms with Gasteiger partial charge >= 0.3 is 0 Å². The van der Waals surface area contributed by atoms with E-state index in [0.717, 1.165) is 66.4 Å². The van der Waals surface area contributed by atoms with Gasteiger partial charge < -0.3 is 24.5 Å². The van der Waals surface area contributed by atoms with Gasteiger partial charge in [-0.2, -0.15) is 0 Å². The largest absolute Gasteiger partial charge is 0.454 e. The van der Waals surface area contributed by atoms with E-state index in [1.54, 1.807) is 0 Å². The van der Waals surface area contributed by atoms with E-state index in [9.17, 15) is 4.79 Å². The molecule has 0 saturated carbocycles. The van der Waals surface area contributed by atoms with Crippen molar-refractivity contribution in [1.82, 2.24) is 15.2 Å². The third kappa shape index (κ3) is 4.38. The quantitative estimate of drug-likeness (QED) is 0.614. The molecule has 7 nitrogen and oxygen atoms in total. The topological polar surface area (TPSA) is 75.8 Å². The summed E-state index contributed by atoms with van der Waals surface area (Å²) in [5, 5.41) is 4.24. The van der Waals surface area contributed by atoms with Crippen LogP contribution < -0.4 is 14.8 Å². The first-order valence-corrected chi connectivity index (χ1v) is 10.8. The van der Waals surface area contributed by atoms with Crippen molar-refractivity contribution >= 4 is 16.8 Å². The van der Waals surface area contributed by atoms with Gasteiger partial charge in [-0.05, 0) is 29.3 Å². The summed E-state index contributed by atoms with van der Waals surface area (Å²) in [6.07, 6.45) is 2.38. The van der Waals surface area contributed by atoms with Crippen LogP contribution in [0.4, 0.5) is 0 Å². The van der Waals surface area contributed by atoms with Gasteiger partial charge in [0.2, 0.25) is 12.7 Å². The minimum atomic E-state index is -0.0889. The zero-order chi connectivity index (χ0) is 21.0. The minimum Gasteiger partial charge on any atom is -0.454 e. The molecule has 162 valence electrons. The Bertz CT molecular complexity index is 1060. The van der Waals surface area contributed by atoms with Gasteiger partial charge in [0.25, 0.3) is 0 Å². The zero-order valence-corrected chi connectivity index (χ0v) is 17.4. The van der Waals surface area contributed by atoms with E-state index in [1.807, 2.05) is 36.5 Å². The number of H-pyrrole nitrogens is 1. The average Bonchev–Trinajstić information content (AvgIpc) is 3.45. The number of nitrogens with zero attached hydrogens (tertiary/aromatic N) is 1. The Labute approximate surface area is 181 Å². The van der Waals surface area contributed by atoms with Crippen LogP contribution in [0.25, 0.3) is 10.9 Å². The summed E-state index contributed by atoms with van der Waals surface area (Å²) >= 11 is 0. The Hall–Kier alpha value is -3.03. The Balaban J connectivity index is 1.34. The molecule has 7 heteroatoms. The first-order valence-electron chi connectivity index (χ1n) is 10.8. The average molecular weight is 421 g/mol. The molecule has 0 aliphatic carbocycles. The van der Waals surface area contributed by atoms with Gasteiger partial charge in [-0.1, -0.05) is 24.3 Å². The van der Waals surface area contributed by atoms with Crippen molar-refractivity contribution in [2.45, 2.75) is 12.3 Å². The zero-order valence-electron chi connectivity index (χ0n) is 17.4.